The lowest BCUT2D eigenvalue weighted by atomic mass is 10.0. The Morgan fingerprint density at radius 1 is 1.19 bits per heavy atom. The Hall–Kier alpha value is -1.72. The zero-order valence-corrected chi connectivity index (χ0v) is 13.3. The second-order valence-corrected chi connectivity index (χ2v) is 5.30. The van der Waals surface area contributed by atoms with E-state index >= 15 is 0 Å². The van der Waals surface area contributed by atoms with Gasteiger partial charge >= 0.3 is 0 Å². The van der Waals surface area contributed by atoms with Crippen molar-refractivity contribution in [3.8, 4) is 11.5 Å². The van der Waals surface area contributed by atoms with Crippen LogP contribution in [-0.4, -0.2) is 29.1 Å². The van der Waals surface area contributed by atoms with Crippen LogP contribution in [0.4, 0.5) is 0 Å². The van der Waals surface area contributed by atoms with Gasteiger partial charge < -0.3 is 14.6 Å². The standard InChI is InChI=1S/C15H19ClN2O3/c1-9(2)18-14(10(16)8-17-18)15(19)13-11(20-3)6-5-7-12(13)21-4/h5-9,15,19H,1-4H3. The lowest BCUT2D eigenvalue weighted by Crippen LogP contribution is -2.14. The summed E-state index contributed by atoms with van der Waals surface area (Å²) in [6.45, 7) is 3.94. The van der Waals surface area contributed by atoms with Crippen molar-refractivity contribution >= 4 is 11.6 Å². The normalized spacial score (nSPS) is 12.5. The fourth-order valence-corrected chi connectivity index (χ4v) is 2.54. The summed E-state index contributed by atoms with van der Waals surface area (Å²) in [5.74, 6) is 1.07. The topological polar surface area (TPSA) is 56.5 Å². The molecule has 114 valence electrons. The van der Waals surface area contributed by atoms with Gasteiger partial charge in [-0.3, -0.25) is 4.68 Å². The van der Waals surface area contributed by atoms with Gasteiger partial charge in [0.05, 0.1) is 36.7 Å². The summed E-state index contributed by atoms with van der Waals surface area (Å²) < 4.78 is 12.4. The third kappa shape index (κ3) is 2.84. The molecule has 1 unspecified atom stereocenters. The monoisotopic (exact) mass is 310 g/mol. The van der Waals surface area contributed by atoms with E-state index in [1.165, 1.54) is 6.20 Å². The van der Waals surface area contributed by atoms with Crippen molar-refractivity contribution in [2.45, 2.75) is 26.0 Å². The van der Waals surface area contributed by atoms with Crippen LogP contribution in [0.15, 0.2) is 24.4 Å². The molecule has 1 aromatic carbocycles. The van der Waals surface area contributed by atoms with Gasteiger partial charge in [0.2, 0.25) is 0 Å². The summed E-state index contributed by atoms with van der Waals surface area (Å²) in [4.78, 5) is 0. The summed E-state index contributed by atoms with van der Waals surface area (Å²) in [5.41, 5.74) is 1.06. The maximum atomic E-state index is 10.8. The molecule has 5 nitrogen and oxygen atoms in total. The second-order valence-electron chi connectivity index (χ2n) is 4.89. The molecule has 0 saturated heterocycles. The van der Waals surface area contributed by atoms with Gasteiger partial charge in [0.25, 0.3) is 0 Å². The van der Waals surface area contributed by atoms with Crippen molar-refractivity contribution in [1.29, 1.82) is 0 Å². The molecule has 0 aliphatic carbocycles. The molecule has 0 saturated carbocycles. The summed E-state index contributed by atoms with van der Waals surface area (Å²) in [7, 11) is 3.10. The van der Waals surface area contributed by atoms with Crippen molar-refractivity contribution in [3.05, 3.63) is 40.7 Å². The van der Waals surface area contributed by atoms with Gasteiger partial charge in [-0.25, -0.2) is 0 Å². The molecule has 6 heteroatoms. The number of aliphatic hydroxyl groups excluding tert-OH is 1. The van der Waals surface area contributed by atoms with E-state index in [1.807, 2.05) is 13.8 Å². The van der Waals surface area contributed by atoms with Crippen molar-refractivity contribution in [2.24, 2.45) is 0 Å². The first kappa shape index (κ1) is 15.7. The van der Waals surface area contributed by atoms with E-state index in [4.69, 9.17) is 21.1 Å². The van der Waals surface area contributed by atoms with Gasteiger partial charge in [0, 0.05) is 6.04 Å². The SMILES string of the molecule is COc1cccc(OC)c1C(O)c1c(Cl)cnn1C(C)C. The number of hydrogen-bond donors (Lipinski definition) is 1. The average molecular weight is 311 g/mol. The van der Waals surface area contributed by atoms with E-state index in [1.54, 1.807) is 37.1 Å². The van der Waals surface area contributed by atoms with Crippen molar-refractivity contribution in [2.75, 3.05) is 14.2 Å². The number of aliphatic hydroxyl groups is 1. The molecule has 0 spiro atoms. The zero-order chi connectivity index (χ0) is 15.6. The molecule has 1 aromatic heterocycles. The molecule has 0 aliphatic rings. The predicted octanol–water partition coefficient (Wildman–Crippen LogP) is 3.22. The molecule has 2 rings (SSSR count). The molecule has 21 heavy (non-hydrogen) atoms. The molecular weight excluding hydrogens is 292 g/mol. The number of benzene rings is 1. The van der Waals surface area contributed by atoms with E-state index in [9.17, 15) is 5.11 Å². The third-order valence-electron chi connectivity index (χ3n) is 3.27. The smallest absolute Gasteiger partial charge is 0.129 e. The molecule has 0 bridgehead atoms. The Kier molecular flexibility index (Phi) is 4.75. The van der Waals surface area contributed by atoms with Crippen LogP contribution in [0.3, 0.4) is 0 Å². The number of halogens is 1. The van der Waals surface area contributed by atoms with E-state index in [2.05, 4.69) is 5.10 Å². The summed E-state index contributed by atoms with van der Waals surface area (Å²) in [6, 6.07) is 5.41. The summed E-state index contributed by atoms with van der Waals surface area (Å²) in [5, 5.41) is 15.4. The quantitative estimate of drug-likeness (QED) is 0.921. The van der Waals surface area contributed by atoms with Crippen LogP contribution in [0.1, 0.15) is 37.3 Å². The van der Waals surface area contributed by atoms with Crippen molar-refractivity contribution in [1.82, 2.24) is 9.78 Å². The fourth-order valence-electron chi connectivity index (χ4n) is 2.30. The first-order valence-electron chi connectivity index (χ1n) is 6.63. The van der Waals surface area contributed by atoms with Crippen LogP contribution in [0.2, 0.25) is 5.02 Å². The highest BCUT2D eigenvalue weighted by molar-refractivity contribution is 6.31. The van der Waals surface area contributed by atoms with E-state index in [0.717, 1.165) is 0 Å². The van der Waals surface area contributed by atoms with E-state index < -0.39 is 6.10 Å². The largest absolute Gasteiger partial charge is 0.496 e. The lowest BCUT2D eigenvalue weighted by molar-refractivity contribution is 0.195. The highest BCUT2D eigenvalue weighted by Crippen LogP contribution is 2.39. The highest BCUT2D eigenvalue weighted by Gasteiger charge is 2.26. The first-order valence-corrected chi connectivity index (χ1v) is 7.00. The lowest BCUT2D eigenvalue weighted by Gasteiger charge is -2.20. The molecule has 0 amide bonds. The first-order chi connectivity index (χ1) is 10.0. The number of rotatable bonds is 5. The van der Waals surface area contributed by atoms with Crippen LogP contribution in [0, 0.1) is 0 Å². The maximum absolute atomic E-state index is 10.8. The fraction of sp³-hybridized carbons (Fsp3) is 0.400. The Labute approximate surface area is 129 Å². The number of nitrogens with zero attached hydrogens (tertiary/aromatic N) is 2. The Bertz CT molecular complexity index is 603. The minimum absolute atomic E-state index is 0.0721. The van der Waals surface area contributed by atoms with Crippen LogP contribution in [0.5, 0.6) is 11.5 Å². The van der Waals surface area contributed by atoms with Gasteiger partial charge in [-0.05, 0) is 26.0 Å². The molecule has 0 aliphatic heterocycles. The van der Waals surface area contributed by atoms with Crippen molar-refractivity contribution < 1.29 is 14.6 Å². The van der Waals surface area contributed by atoms with Crippen LogP contribution < -0.4 is 9.47 Å². The number of methoxy groups -OCH3 is 2. The minimum atomic E-state index is -0.992. The van der Waals surface area contributed by atoms with Gasteiger partial charge in [-0.2, -0.15) is 5.10 Å². The molecule has 1 atom stereocenters. The third-order valence-corrected chi connectivity index (χ3v) is 3.57. The number of hydrogen-bond acceptors (Lipinski definition) is 4. The van der Waals surface area contributed by atoms with Crippen LogP contribution in [-0.2, 0) is 0 Å². The van der Waals surface area contributed by atoms with Crippen molar-refractivity contribution in [3.63, 3.8) is 0 Å². The minimum Gasteiger partial charge on any atom is -0.496 e. The van der Waals surface area contributed by atoms with E-state index in [-0.39, 0.29) is 6.04 Å². The zero-order valence-electron chi connectivity index (χ0n) is 12.5. The Balaban J connectivity index is 2.60. The van der Waals surface area contributed by atoms with Gasteiger partial charge in [0.1, 0.15) is 17.6 Å². The van der Waals surface area contributed by atoms with Crippen LogP contribution in [0.25, 0.3) is 0 Å². The Morgan fingerprint density at radius 3 is 2.24 bits per heavy atom. The number of aromatic nitrogens is 2. The summed E-state index contributed by atoms with van der Waals surface area (Å²) in [6.07, 6.45) is 0.538. The maximum Gasteiger partial charge on any atom is 0.129 e. The molecule has 1 heterocycles. The van der Waals surface area contributed by atoms with Gasteiger partial charge in [0.15, 0.2) is 0 Å². The second kappa shape index (κ2) is 6.37. The summed E-state index contributed by atoms with van der Waals surface area (Å²) >= 11 is 6.20. The van der Waals surface area contributed by atoms with Gasteiger partial charge in [-0.15, -0.1) is 0 Å². The Morgan fingerprint density at radius 2 is 1.76 bits per heavy atom. The molecule has 2 aromatic rings. The average Bonchev–Trinajstić information content (AvgIpc) is 2.87. The molecule has 0 fully saturated rings. The molecule has 1 N–H and O–H groups in total. The molecule has 0 radical (unpaired) electrons. The van der Waals surface area contributed by atoms with E-state index in [0.29, 0.717) is 27.8 Å². The van der Waals surface area contributed by atoms with Gasteiger partial charge in [-0.1, -0.05) is 17.7 Å². The van der Waals surface area contributed by atoms with Crippen LogP contribution >= 0.6 is 11.6 Å². The highest BCUT2D eigenvalue weighted by atomic mass is 35.5. The molecular formula is C15H19ClN2O3. The predicted molar refractivity (Wildman–Crippen MR) is 81.2 cm³/mol. The number of ether oxygens (including phenoxy) is 2.